The molecule has 4 saturated carbocycles. The molecule has 0 unspecified atom stereocenters. The lowest BCUT2D eigenvalue weighted by Gasteiger charge is -2.59. The Morgan fingerprint density at radius 2 is 1.15 bits per heavy atom. The third-order valence-corrected chi connectivity index (χ3v) is 8.28. The zero-order chi connectivity index (χ0) is 28.2. The molecule has 2 N–H and O–H groups in total. The first-order chi connectivity index (χ1) is 18.6. The monoisotopic (exact) mass is 552 g/mol. The van der Waals surface area contributed by atoms with Crippen LogP contribution in [0.1, 0.15) is 51.4 Å². The standard InChI is InChI=1S/C26H36N2O11/c1-35-21(31)17-12-38-23(33)25-8-15-7-16(9-25)11-26(10-15,14-25)24(34)39-13-18(22(32)36-2)28-20(30)4-6-37-5-3-19(29)27-17/h15-18H,3-14H2,1-2H3,(H,27,29)(H,28,30)/t15?,16?,17-,18-,25?,26?/m0/s1. The molecule has 2 spiro atoms. The van der Waals surface area contributed by atoms with Crippen LogP contribution in [-0.2, 0) is 52.5 Å². The van der Waals surface area contributed by atoms with Crippen LogP contribution < -0.4 is 10.6 Å². The number of esters is 4. The van der Waals surface area contributed by atoms with Crippen LogP contribution in [0.2, 0.25) is 0 Å². The van der Waals surface area contributed by atoms with Gasteiger partial charge in [-0.1, -0.05) is 0 Å². The quantitative estimate of drug-likeness (QED) is 0.343. The summed E-state index contributed by atoms with van der Waals surface area (Å²) in [6.07, 6.45) is 3.14. The molecule has 0 radical (unpaired) electrons. The summed E-state index contributed by atoms with van der Waals surface area (Å²) in [6.45, 7) is -0.904. The molecule has 2 amide bonds. The Bertz CT molecular complexity index is 924. The summed E-state index contributed by atoms with van der Waals surface area (Å²) in [5.41, 5.74) is -1.84. The highest BCUT2D eigenvalue weighted by Crippen LogP contribution is 2.66. The average molecular weight is 553 g/mol. The van der Waals surface area contributed by atoms with Crippen molar-refractivity contribution in [2.24, 2.45) is 22.7 Å². The van der Waals surface area contributed by atoms with Gasteiger partial charge in [-0.2, -0.15) is 0 Å². The van der Waals surface area contributed by atoms with Gasteiger partial charge in [-0.05, 0) is 50.4 Å². The fourth-order valence-corrected chi connectivity index (χ4v) is 6.95. The number of carbonyl (C=O) groups is 6. The number of amides is 2. The van der Waals surface area contributed by atoms with E-state index in [1.807, 2.05) is 0 Å². The lowest BCUT2D eigenvalue weighted by atomic mass is 9.44. The fourth-order valence-electron chi connectivity index (χ4n) is 6.95. The van der Waals surface area contributed by atoms with Crippen molar-refractivity contribution < 1.29 is 52.5 Å². The molecule has 5 fully saturated rings. The van der Waals surface area contributed by atoms with Gasteiger partial charge >= 0.3 is 23.9 Å². The maximum Gasteiger partial charge on any atom is 0.331 e. The number of methoxy groups -OCH3 is 2. The predicted molar refractivity (Wildman–Crippen MR) is 129 cm³/mol. The second-order valence-corrected chi connectivity index (χ2v) is 11.1. The van der Waals surface area contributed by atoms with E-state index in [4.69, 9.17) is 23.7 Å². The predicted octanol–water partition coefficient (Wildman–Crippen LogP) is -0.215. The molecule has 1 saturated heterocycles. The zero-order valence-electron chi connectivity index (χ0n) is 22.3. The molecule has 39 heavy (non-hydrogen) atoms. The van der Waals surface area contributed by atoms with Crippen LogP contribution in [0.4, 0.5) is 0 Å². The summed E-state index contributed by atoms with van der Waals surface area (Å²) >= 11 is 0. The minimum Gasteiger partial charge on any atom is -0.467 e. The van der Waals surface area contributed by atoms with E-state index in [1.165, 1.54) is 14.2 Å². The third kappa shape index (κ3) is 6.34. The van der Waals surface area contributed by atoms with Crippen molar-refractivity contribution in [3.05, 3.63) is 0 Å². The van der Waals surface area contributed by atoms with Gasteiger partial charge in [0.05, 0.1) is 38.3 Å². The molecule has 13 nitrogen and oxygen atoms in total. The molecule has 1 aliphatic heterocycles. The third-order valence-electron chi connectivity index (χ3n) is 8.28. The Labute approximate surface area is 225 Å². The van der Waals surface area contributed by atoms with Crippen LogP contribution in [0.25, 0.3) is 0 Å². The van der Waals surface area contributed by atoms with Gasteiger partial charge in [0.15, 0.2) is 12.1 Å². The van der Waals surface area contributed by atoms with Gasteiger partial charge in [-0.15, -0.1) is 0 Å². The van der Waals surface area contributed by atoms with Gasteiger partial charge in [0.2, 0.25) is 11.8 Å². The number of rotatable bonds is 2. The summed E-state index contributed by atoms with van der Waals surface area (Å²) in [6, 6.07) is -2.41. The number of ether oxygens (including phenoxy) is 5. The Morgan fingerprint density at radius 3 is 1.54 bits per heavy atom. The Balaban J connectivity index is 1.56. The molecular weight excluding hydrogens is 516 g/mol. The van der Waals surface area contributed by atoms with E-state index in [0.29, 0.717) is 25.7 Å². The maximum atomic E-state index is 13.5. The van der Waals surface area contributed by atoms with Gasteiger partial charge < -0.3 is 34.3 Å². The summed E-state index contributed by atoms with van der Waals surface area (Å²) in [5.74, 6) is -3.37. The molecule has 5 aliphatic rings. The molecule has 4 bridgehead atoms. The molecular formula is C26H36N2O11. The topological polar surface area (TPSA) is 173 Å². The highest BCUT2D eigenvalue weighted by Gasteiger charge is 2.64. The Morgan fingerprint density at radius 1 is 0.744 bits per heavy atom. The Hall–Kier alpha value is -3.22. The molecule has 1 heterocycles. The molecule has 0 aromatic rings. The van der Waals surface area contributed by atoms with Crippen LogP contribution in [0.3, 0.4) is 0 Å². The van der Waals surface area contributed by atoms with Crippen molar-refractivity contribution in [3.63, 3.8) is 0 Å². The first-order valence-corrected chi connectivity index (χ1v) is 13.3. The molecule has 0 aromatic carbocycles. The van der Waals surface area contributed by atoms with E-state index in [1.54, 1.807) is 0 Å². The summed E-state index contributed by atoms with van der Waals surface area (Å²) < 4.78 is 26.0. The van der Waals surface area contributed by atoms with Crippen LogP contribution >= 0.6 is 0 Å². The largest absolute Gasteiger partial charge is 0.467 e. The molecule has 5 rings (SSSR count). The first kappa shape index (κ1) is 28.8. The SMILES string of the molecule is COC(=O)[C@@H]1COC(=O)C23CC4CC(C2)CC(C4)(C3)C(=O)OC[C@@H](C(=O)OC)NC(=O)CCOCCC(=O)N1. The van der Waals surface area contributed by atoms with E-state index in [9.17, 15) is 28.8 Å². The number of cyclic esters (lactones) is 2. The van der Waals surface area contributed by atoms with Gasteiger partial charge in [0.1, 0.15) is 13.2 Å². The minimum atomic E-state index is -1.20. The minimum absolute atomic E-state index is 0.0428. The normalized spacial score (nSPS) is 36.1. The second kappa shape index (κ2) is 11.9. The first-order valence-electron chi connectivity index (χ1n) is 13.3. The van der Waals surface area contributed by atoms with E-state index in [2.05, 4.69) is 10.6 Å². The van der Waals surface area contributed by atoms with Crippen molar-refractivity contribution in [3.8, 4) is 0 Å². The molecule has 13 heteroatoms. The Kier molecular flexibility index (Phi) is 8.77. The van der Waals surface area contributed by atoms with E-state index in [0.717, 1.165) is 6.42 Å². The highest BCUT2D eigenvalue weighted by molar-refractivity contribution is 5.87. The van der Waals surface area contributed by atoms with E-state index >= 15 is 0 Å². The van der Waals surface area contributed by atoms with Gasteiger partial charge in [-0.3, -0.25) is 19.2 Å². The highest BCUT2D eigenvalue weighted by atomic mass is 16.6. The van der Waals surface area contributed by atoms with Crippen LogP contribution in [0.5, 0.6) is 0 Å². The van der Waals surface area contributed by atoms with Crippen molar-refractivity contribution in [1.29, 1.82) is 0 Å². The van der Waals surface area contributed by atoms with Gasteiger partial charge in [-0.25, -0.2) is 9.59 Å². The van der Waals surface area contributed by atoms with Crippen molar-refractivity contribution >= 4 is 35.7 Å². The maximum absolute atomic E-state index is 13.5. The van der Waals surface area contributed by atoms with Crippen LogP contribution in [0.15, 0.2) is 0 Å². The van der Waals surface area contributed by atoms with Crippen molar-refractivity contribution in [2.45, 2.75) is 63.5 Å². The number of hydrogen-bond acceptors (Lipinski definition) is 11. The zero-order valence-corrected chi connectivity index (χ0v) is 22.3. The number of nitrogens with one attached hydrogen (secondary N) is 2. The number of hydrogen-bond donors (Lipinski definition) is 2. The van der Waals surface area contributed by atoms with Crippen LogP contribution in [-0.4, -0.2) is 88.4 Å². The summed E-state index contributed by atoms with van der Waals surface area (Å²) in [4.78, 5) is 76.3. The molecule has 2 atom stereocenters. The van der Waals surface area contributed by atoms with Crippen molar-refractivity contribution in [2.75, 3.05) is 40.6 Å². The second-order valence-electron chi connectivity index (χ2n) is 11.1. The van der Waals surface area contributed by atoms with Crippen molar-refractivity contribution in [1.82, 2.24) is 10.6 Å². The fraction of sp³-hybridized carbons (Fsp3) is 0.769. The van der Waals surface area contributed by atoms with E-state index < -0.39 is 71.8 Å². The smallest absolute Gasteiger partial charge is 0.331 e. The van der Waals surface area contributed by atoms with E-state index in [-0.39, 0.29) is 44.3 Å². The molecule has 216 valence electrons. The summed E-state index contributed by atoms with van der Waals surface area (Å²) in [5, 5.41) is 5.00. The average Bonchev–Trinajstić information content (AvgIpc) is 2.90. The lowest BCUT2D eigenvalue weighted by Crippen LogP contribution is -2.59. The lowest BCUT2D eigenvalue weighted by molar-refractivity contribution is -0.195. The number of carbonyl (C=O) groups excluding carboxylic acids is 6. The van der Waals surface area contributed by atoms with Gasteiger partial charge in [0.25, 0.3) is 0 Å². The molecule has 0 aromatic heterocycles. The molecule has 4 aliphatic carbocycles. The van der Waals surface area contributed by atoms with Gasteiger partial charge in [0, 0.05) is 12.8 Å². The summed E-state index contributed by atoms with van der Waals surface area (Å²) in [7, 11) is 2.33. The van der Waals surface area contributed by atoms with Crippen LogP contribution in [0, 0.1) is 22.7 Å².